The lowest BCUT2D eigenvalue weighted by Gasteiger charge is -2.00. The number of carbonyl (C=O) groups is 1. The number of hydrogen-bond donors (Lipinski definition) is 1. The second-order valence-electron chi connectivity index (χ2n) is 3.47. The first kappa shape index (κ1) is 18.9. The van der Waals surface area contributed by atoms with E-state index >= 15 is 0 Å². The van der Waals surface area contributed by atoms with Crippen LogP contribution >= 0.6 is 0 Å². The van der Waals surface area contributed by atoms with E-state index in [1.807, 2.05) is 19.1 Å². The topological polar surface area (TPSA) is 143 Å². The Balaban J connectivity index is 0. The second-order valence-corrected chi connectivity index (χ2v) is 3.47. The Morgan fingerprint density at radius 1 is 1.11 bits per heavy atom. The minimum Gasteiger partial charge on any atom is -0.545 e. The number of rotatable bonds is 1. The highest BCUT2D eigenvalue weighted by atomic mass is 16.4. The predicted octanol–water partition coefficient (Wildman–Crippen LogP) is -1.21. The van der Waals surface area contributed by atoms with Crippen molar-refractivity contribution in [3.8, 4) is 0 Å². The quantitative estimate of drug-likeness (QED) is 0.691. The average Bonchev–Trinajstić information content (AvgIpc) is 2.31. The zero-order valence-electron chi connectivity index (χ0n) is 10.5. The van der Waals surface area contributed by atoms with Gasteiger partial charge in [-0.3, -0.25) is 5.73 Å². The van der Waals surface area contributed by atoms with Gasteiger partial charge < -0.3 is 20.9 Å². The smallest absolute Gasteiger partial charge is 0.269 e. The number of anilines is 1. The predicted molar refractivity (Wildman–Crippen MR) is 70.1 cm³/mol. The Hall–Kier alpha value is -2.44. The molecule has 6 nitrogen and oxygen atoms in total. The minimum absolute atomic E-state index is 0. The molecule has 0 amide bonds. The van der Waals surface area contributed by atoms with E-state index in [1.165, 1.54) is 12.1 Å². The third-order valence-corrected chi connectivity index (χ3v) is 2.02. The van der Waals surface area contributed by atoms with Crippen LogP contribution in [-0.2, 0) is 0 Å². The summed E-state index contributed by atoms with van der Waals surface area (Å²) in [4.78, 5) is 13.0. The molecule has 6 heteroatoms. The Morgan fingerprint density at radius 3 is 2.00 bits per heavy atom. The van der Waals surface area contributed by atoms with Gasteiger partial charge in [0.1, 0.15) is 0 Å². The fourth-order valence-electron chi connectivity index (χ4n) is 1.10. The van der Waals surface area contributed by atoms with Crippen molar-refractivity contribution in [2.75, 3.05) is 5.73 Å². The van der Waals surface area contributed by atoms with E-state index in [2.05, 4.69) is 4.98 Å². The highest BCUT2D eigenvalue weighted by Crippen LogP contribution is 2.00. The summed E-state index contributed by atoms with van der Waals surface area (Å²) in [5, 5.41) is 10.2. The van der Waals surface area contributed by atoms with Gasteiger partial charge in [-0.2, -0.15) is 0 Å². The normalized spacial score (nSPS) is 8.05. The lowest BCUT2D eigenvalue weighted by molar-refractivity contribution is -0.360. The molecule has 7 N–H and O–H groups in total. The molecule has 0 aliphatic heterocycles. The SMILES string of the molecule is Cc1ccc(C(=O)[O-])cc1.Nc1cccc[nH+]1.O.O. The van der Waals surface area contributed by atoms with Crippen LogP contribution in [0.3, 0.4) is 0 Å². The molecule has 0 aliphatic carbocycles. The van der Waals surface area contributed by atoms with Crippen molar-refractivity contribution >= 4 is 11.8 Å². The molecule has 19 heavy (non-hydrogen) atoms. The highest BCUT2D eigenvalue weighted by Gasteiger charge is 1.89. The first-order valence-corrected chi connectivity index (χ1v) is 5.10. The van der Waals surface area contributed by atoms with Crippen molar-refractivity contribution in [1.29, 1.82) is 0 Å². The monoisotopic (exact) mass is 266 g/mol. The van der Waals surface area contributed by atoms with Crippen LogP contribution in [0.2, 0.25) is 0 Å². The number of nitrogen functional groups attached to an aromatic ring is 1. The van der Waals surface area contributed by atoms with Gasteiger partial charge in [0.15, 0.2) is 0 Å². The third-order valence-electron chi connectivity index (χ3n) is 2.02. The van der Waals surface area contributed by atoms with E-state index in [0.29, 0.717) is 5.82 Å². The fourth-order valence-corrected chi connectivity index (χ4v) is 1.10. The summed E-state index contributed by atoms with van der Waals surface area (Å²) in [5.74, 6) is -0.428. The van der Waals surface area contributed by atoms with E-state index in [-0.39, 0.29) is 16.5 Å². The number of aryl methyl sites for hydroxylation is 1. The molecule has 0 spiro atoms. The first-order valence-electron chi connectivity index (χ1n) is 5.10. The summed E-state index contributed by atoms with van der Waals surface area (Å²) >= 11 is 0. The number of pyridine rings is 1. The minimum atomic E-state index is -1.12. The summed E-state index contributed by atoms with van der Waals surface area (Å²) in [6.07, 6.45) is 1.79. The zero-order valence-corrected chi connectivity index (χ0v) is 10.5. The number of benzene rings is 1. The van der Waals surface area contributed by atoms with E-state index in [1.54, 1.807) is 24.4 Å². The molecule has 1 aromatic carbocycles. The standard InChI is InChI=1S/C8H8O2.C5H6N2.2H2O/c1-6-2-4-7(5-3-6)8(9)10;6-5-3-1-2-4-7-5;;/h2-5H,1H3,(H,9,10);1-4H,(H2,6,7);2*1H2. The van der Waals surface area contributed by atoms with E-state index < -0.39 is 5.97 Å². The summed E-state index contributed by atoms with van der Waals surface area (Å²) in [5.41, 5.74) is 6.58. The van der Waals surface area contributed by atoms with Crippen LogP contribution in [-0.4, -0.2) is 16.9 Å². The number of aromatic carboxylic acids is 1. The Kier molecular flexibility index (Phi) is 9.53. The maximum atomic E-state index is 10.2. The number of nitrogens with two attached hydrogens (primary N) is 1. The average molecular weight is 266 g/mol. The number of carboxylic acid groups (broad SMARTS) is 1. The van der Waals surface area contributed by atoms with Crippen LogP contribution in [0.5, 0.6) is 0 Å². The lowest BCUT2D eigenvalue weighted by Crippen LogP contribution is -2.21. The van der Waals surface area contributed by atoms with Crippen LogP contribution in [0, 0.1) is 6.92 Å². The van der Waals surface area contributed by atoms with E-state index in [4.69, 9.17) is 5.73 Å². The summed E-state index contributed by atoms with van der Waals surface area (Å²) in [7, 11) is 0. The molecule has 0 saturated carbocycles. The van der Waals surface area contributed by atoms with Crippen LogP contribution in [0.25, 0.3) is 0 Å². The number of aromatic nitrogens is 1. The van der Waals surface area contributed by atoms with Gasteiger partial charge in [0.2, 0.25) is 0 Å². The van der Waals surface area contributed by atoms with Gasteiger partial charge in [-0.15, -0.1) is 0 Å². The first-order chi connectivity index (χ1) is 8.09. The van der Waals surface area contributed by atoms with Crippen LogP contribution in [0.4, 0.5) is 5.82 Å². The molecule has 2 aromatic rings. The Morgan fingerprint density at radius 2 is 1.68 bits per heavy atom. The van der Waals surface area contributed by atoms with Crippen LogP contribution in [0.15, 0.2) is 48.7 Å². The maximum Gasteiger partial charge on any atom is 0.269 e. The third kappa shape index (κ3) is 7.48. The molecular formula is C13H18N2O4. The molecule has 2 rings (SSSR count). The Bertz CT molecular complexity index is 472. The number of aromatic amines is 1. The number of carbonyl (C=O) groups excluding carboxylic acids is 1. The summed E-state index contributed by atoms with van der Waals surface area (Å²) in [6.45, 7) is 1.90. The molecule has 0 saturated heterocycles. The van der Waals surface area contributed by atoms with Gasteiger partial charge in [-0.25, -0.2) is 4.98 Å². The van der Waals surface area contributed by atoms with Crippen molar-refractivity contribution in [1.82, 2.24) is 0 Å². The summed E-state index contributed by atoms with van der Waals surface area (Å²) in [6, 6.07) is 12.1. The number of nitrogens with one attached hydrogen (secondary N) is 1. The number of carboxylic acids is 1. The van der Waals surface area contributed by atoms with E-state index in [0.717, 1.165) is 5.56 Å². The van der Waals surface area contributed by atoms with Gasteiger partial charge in [-0.1, -0.05) is 35.9 Å². The van der Waals surface area contributed by atoms with Crippen molar-refractivity contribution in [2.24, 2.45) is 0 Å². The Labute approximate surface area is 111 Å². The molecule has 0 unspecified atom stereocenters. The van der Waals surface area contributed by atoms with Gasteiger partial charge in [-0.05, 0) is 18.6 Å². The molecule has 0 atom stereocenters. The lowest BCUT2D eigenvalue weighted by atomic mass is 10.2. The van der Waals surface area contributed by atoms with Crippen molar-refractivity contribution < 1.29 is 25.8 Å². The maximum absolute atomic E-state index is 10.2. The molecule has 104 valence electrons. The van der Waals surface area contributed by atoms with Crippen LogP contribution < -0.4 is 15.8 Å². The second kappa shape index (κ2) is 9.58. The zero-order chi connectivity index (χ0) is 12.7. The van der Waals surface area contributed by atoms with Gasteiger partial charge in [0.25, 0.3) is 5.82 Å². The number of hydrogen-bond acceptors (Lipinski definition) is 3. The van der Waals surface area contributed by atoms with Gasteiger partial charge >= 0.3 is 0 Å². The molecule has 0 bridgehead atoms. The molecule has 1 aromatic heterocycles. The summed E-state index contributed by atoms with van der Waals surface area (Å²) < 4.78 is 0. The molecule has 0 aliphatic rings. The molecule has 0 fully saturated rings. The van der Waals surface area contributed by atoms with Gasteiger partial charge in [0.05, 0.1) is 12.2 Å². The molecule has 1 heterocycles. The van der Waals surface area contributed by atoms with Gasteiger partial charge in [0, 0.05) is 6.07 Å². The molecule has 0 radical (unpaired) electrons. The molecular weight excluding hydrogens is 248 g/mol. The van der Waals surface area contributed by atoms with E-state index in [9.17, 15) is 9.90 Å². The van der Waals surface area contributed by atoms with Crippen molar-refractivity contribution in [3.05, 3.63) is 59.8 Å². The van der Waals surface area contributed by atoms with Crippen LogP contribution in [0.1, 0.15) is 15.9 Å². The van der Waals surface area contributed by atoms with Crippen molar-refractivity contribution in [3.63, 3.8) is 0 Å². The highest BCUT2D eigenvalue weighted by molar-refractivity contribution is 5.85. The number of H-pyrrole nitrogens is 1. The fraction of sp³-hybridized carbons (Fsp3) is 0.0769. The largest absolute Gasteiger partial charge is 0.545 e. The van der Waals surface area contributed by atoms with Crippen molar-refractivity contribution in [2.45, 2.75) is 6.92 Å².